The highest BCUT2D eigenvalue weighted by Gasteiger charge is 2.46. The molecule has 32 heavy (non-hydrogen) atoms. The van der Waals surface area contributed by atoms with Crippen molar-refractivity contribution in [3.05, 3.63) is 47.0 Å². The van der Waals surface area contributed by atoms with E-state index in [-0.39, 0.29) is 42.4 Å². The molecule has 2 amide bonds. The lowest BCUT2D eigenvalue weighted by Gasteiger charge is -2.14. The summed E-state index contributed by atoms with van der Waals surface area (Å²) in [6.45, 7) is 4.96. The number of fused-ring (bicyclic) bond motifs is 1. The molecule has 3 heterocycles. The maximum absolute atomic E-state index is 12.6. The van der Waals surface area contributed by atoms with Gasteiger partial charge in [0.1, 0.15) is 5.76 Å². The molecule has 1 aliphatic heterocycles. The molecule has 0 unspecified atom stereocenters. The summed E-state index contributed by atoms with van der Waals surface area (Å²) in [5, 5.41) is 3.98. The molecule has 9 heteroatoms. The highest BCUT2D eigenvalue weighted by atomic mass is 16.5. The SMILES string of the molecule is Cc1cc(-n2c(C)cc(C(=O)COC(=O)CCN3C(=O)[C@@H]4CC=CC[C@H]4C3=O)c2C)no1. The number of ether oxygens (including phenoxy) is 1. The normalized spacial score (nSPS) is 20.0. The lowest BCUT2D eigenvalue weighted by Crippen LogP contribution is -2.33. The zero-order valence-corrected chi connectivity index (χ0v) is 18.3. The summed E-state index contributed by atoms with van der Waals surface area (Å²) >= 11 is 0. The van der Waals surface area contributed by atoms with Crippen LogP contribution in [0.25, 0.3) is 5.82 Å². The first-order chi connectivity index (χ1) is 15.3. The average Bonchev–Trinajstić information content (AvgIpc) is 3.40. The summed E-state index contributed by atoms with van der Waals surface area (Å²) in [5.41, 5.74) is 1.89. The van der Waals surface area contributed by atoms with E-state index in [1.807, 2.05) is 19.1 Å². The van der Waals surface area contributed by atoms with Crippen LogP contribution in [-0.2, 0) is 19.1 Å². The van der Waals surface area contributed by atoms with Gasteiger partial charge in [-0.2, -0.15) is 0 Å². The number of hydrogen-bond donors (Lipinski definition) is 0. The Morgan fingerprint density at radius 3 is 2.34 bits per heavy atom. The zero-order chi connectivity index (χ0) is 23.0. The van der Waals surface area contributed by atoms with Gasteiger partial charge in [0.05, 0.1) is 18.3 Å². The van der Waals surface area contributed by atoms with Crippen molar-refractivity contribution in [2.75, 3.05) is 13.2 Å². The summed E-state index contributed by atoms with van der Waals surface area (Å²) in [6.07, 6.45) is 4.79. The van der Waals surface area contributed by atoms with Crippen LogP contribution < -0.4 is 0 Å². The van der Waals surface area contributed by atoms with Crippen LogP contribution in [0.15, 0.2) is 28.8 Å². The Hall–Kier alpha value is -3.49. The molecule has 0 spiro atoms. The molecule has 9 nitrogen and oxygen atoms in total. The molecule has 2 aromatic rings. The molecule has 1 aliphatic carbocycles. The van der Waals surface area contributed by atoms with Gasteiger partial charge in [-0.1, -0.05) is 17.3 Å². The summed E-state index contributed by atoms with van der Waals surface area (Å²) in [5.74, 6) is -0.865. The first-order valence-electron chi connectivity index (χ1n) is 10.6. The van der Waals surface area contributed by atoms with Crippen LogP contribution in [0.1, 0.15) is 46.8 Å². The summed E-state index contributed by atoms with van der Waals surface area (Å²) in [4.78, 5) is 50.9. The predicted octanol–water partition coefficient (Wildman–Crippen LogP) is 2.46. The van der Waals surface area contributed by atoms with E-state index in [0.29, 0.717) is 35.7 Å². The van der Waals surface area contributed by atoms with Crippen molar-refractivity contribution in [2.45, 2.75) is 40.0 Å². The number of hydrogen-bond acceptors (Lipinski definition) is 7. The van der Waals surface area contributed by atoms with E-state index in [1.54, 1.807) is 30.5 Å². The number of amides is 2. The van der Waals surface area contributed by atoms with E-state index in [2.05, 4.69) is 5.16 Å². The smallest absolute Gasteiger partial charge is 0.308 e. The Bertz CT molecular complexity index is 1100. The van der Waals surface area contributed by atoms with Crippen molar-refractivity contribution in [1.82, 2.24) is 14.6 Å². The van der Waals surface area contributed by atoms with Crippen molar-refractivity contribution in [1.29, 1.82) is 0 Å². The van der Waals surface area contributed by atoms with Gasteiger partial charge in [0, 0.05) is 29.6 Å². The summed E-state index contributed by atoms with van der Waals surface area (Å²) < 4.78 is 12.0. The number of nitrogens with zero attached hydrogens (tertiary/aromatic N) is 3. The Balaban J connectivity index is 1.32. The highest BCUT2D eigenvalue weighted by Crippen LogP contribution is 2.35. The van der Waals surface area contributed by atoms with E-state index in [0.717, 1.165) is 10.6 Å². The lowest BCUT2D eigenvalue weighted by molar-refractivity contribution is -0.145. The van der Waals surface area contributed by atoms with Crippen molar-refractivity contribution >= 4 is 23.6 Å². The fraction of sp³-hybridized carbons (Fsp3) is 0.435. The minimum absolute atomic E-state index is 0.0300. The Morgan fingerprint density at radius 1 is 1.09 bits per heavy atom. The second-order valence-electron chi connectivity index (χ2n) is 8.23. The molecule has 0 radical (unpaired) electrons. The summed E-state index contributed by atoms with van der Waals surface area (Å²) in [6, 6.07) is 3.48. The average molecular weight is 439 g/mol. The number of Topliss-reactive ketones (excluding diaryl/α,β-unsaturated/α-hetero) is 1. The lowest BCUT2D eigenvalue weighted by atomic mass is 9.85. The third-order valence-electron chi connectivity index (χ3n) is 6.08. The number of aromatic nitrogens is 2. The number of carbonyl (C=O) groups excluding carboxylic acids is 4. The maximum Gasteiger partial charge on any atom is 0.308 e. The van der Waals surface area contributed by atoms with Crippen LogP contribution in [0.3, 0.4) is 0 Å². The number of esters is 1. The second-order valence-corrected chi connectivity index (χ2v) is 8.23. The Kier molecular flexibility index (Phi) is 5.82. The van der Waals surface area contributed by atoms with Crippen LogP contribution in [0.4, 0.5) is 0 Å². The van der Waals surface area contributed by atoms with Gasteiger partial charge >= 0.3 is 5.97 Å². The number of aryl methyl sites for hydroxylation is 2. The Morgan fingerprint density at radius 2 is 1.75 bits per heavy atom. The molecule has 0 aromatic carbocycles. The summed E-state index contributed by atoms with van der Waals surface area (Å²) in [7, 11) is 0. The van der Waals surface area contributed by atoms with Crippen LogP contribution in [-0.4, -0.2) is 51.3 Å². The monoisotopic (exact) mass is 439 g/mol. The minimum atomic E-state index is -0.632. The number of carbonyl (C=O) groups is 4. The van der Waals surface area contributed by atoms with E-state index in [4.69, 9.17) is 9.26 Å². The highest BCUT2D eigenvalue weighted by molar-refractivity contribution is 6.05. The third-order valence-corrected chi connectivity index (χ3v) is 6.08. The quantitative estimate of drug-likeness (QED) is 0.282. The number of likely N-dealkylation sites (tertiary alicyclic amines) is 1. The van der Waals surface area contributed by atoms with Crippen molar-refractivity contribution in [3.63, 3.8) is 0 Å². The predicted molar refractivity (Wildman–Crippen MR) is 112 cm³/mol. The van der Waals surface area contributed by atoms with Crippen LogP contribution in [0, 0.1) is 32.6 Å². The standard InChI is InChI=1S/C23H25N3O6/c1-13-10-18(15(3)26(13)20-11-14(2)32-24-20)19(27)12-31-21(28)8-9-25-22(29)16-6-4-5-7-17(16)23(25)30/h4-5,10-11,16-17H,6-9,12H2,1-3H3/t16-,17-/m1/s1. The minimum Gasteiger partial charge on any atom is -0.457 e. The fourth-order valence-corrected chi connectivity index (χ4v) is 4.44. The van der Waals surface area contributed by atoms with E-state index in [1.165, 1.54) is 0 Å². The third kappa shape index (κ3) is 3.90. The van der Waals surface area contributed by atoms with Crippen LogP contribution >= 0.6 is 0 Å². The first-order valence-corrected chi connectivity index (χ1v) is 10.6. The first kappa shape index (κ1) is 21.7. The van der Waals surface area contributed by atoms with Gasteiger partial charge in [-0.15, -0.1) is 0 Å². The largest absolute Gasteiger partial charge is 0.457 e. The molecular weight excluding hydrogens is 414 g/mol. The molecule has 0 N–H and O–H groups in total. The topological polar surface area (TPSA) is 112 Å². The van der Waals surface area contributed by atoms with Crippen molar-refractivity contribution < 1.29 is 28.4 Å². The van der Waals surface area contributed by atoms with Crippen molar-refractivity contribution in [3.8, 4) is 5.82 Å². The molecule has 0 saturated carbocycles. The van der Waals surface area contributed by atoms with E-state index >= 15 is 0 Å². The molecule has 1 fully saturated rings. The molecule has 1 saturated heterocycles. The van der Waals surface area contributed by atoms with Gasteiger partial charge in [-0.3, -0.25) is 28.6 Å². The number of allylic oxidation sites excluding steroid dienone is 2. The number of rotatable bonds is 7. The van der Waals surface area contributed by atoms with Crippen LogP contribution in [0.2, 0.25) is 0 Å². The number of ketones is 1. The second kappa shape index (κ2) is 8.57. The maximum atomic E-state index is 12.6. The molecule has 2 aliphatic rings. The Labute approximate surface area is 185 Å². The van der Waals surface area contributed by atoms with Gasteiger partial charge in [-0.05, 0) is 39.7 Å². The van der Waals surface area contributed by atoms with Gasteiger partial charge in [0.25, 0.3) is 0 Å². The number of imide groups is 1. The van der Waals surface area contributed by atoms with Gasteiger partial charge in [-0.25, -0.2) is 0 Å². The van der Waals surface area contributed by atoms with Gasteiger partial charge in [0.15, 0.2) is 12.4 Å². The van der Waals surface area contributed by atoms with E-state index < -0.39 is 12.6 Å². The van der Waals surface area contributed by atoms with E-state index in [9.17, 15) is 19.2 Å². The fourth-order valence-electron chi connectivity index (χ4n) is 4.44. The van der Waals surface area contributed by atoms with Gasteiger partial charge in [0.2, 0.25) is 17.6 Å². The van der Waals surface area contributed by atoms with Crippen LogP contribution in [0.5, 0.6) is 0 Å². The van der Waals surface area contributed by atoms with Gasteiger partial charge < -0.3 is 9.26 Å². The molecule has 0 bridgehead atoms. The molecular formula is C23H25N3O6. The molecule has 168 valence electrons. The zero-order valence-electron chi connectivity index (χ0n) is 18.3. The molecule has 4 rings (SSSR count). The molecule has 2 atom stereocenters. The molecule has 2 aromatic heterocycles. The van der Waals surface area contributed by atoms with Crippen molar-refractivity contribution in [2.24, 2.45) is 11.8 Å².